The van der Waals surface area contributed by atoms with Crippen LogP contribution >= 0.6 is 27.0 Å². The average Bonchev–Trinajstić information content (AvgIpc) is 3.17. The van der Waals surface area contributed by atoms with Gasteiger partial charge in [-0.05, 0) is 49.2 Å². The van der Waals surface area contributed by atoms with Crippen LogP contribution in [0.25, 0.3) is 0 Å². The van der Waals surface area contributed by atoms with Gasteiger partial charge in [0.25, 0.3) is 5.91 Å². The van der Waals surface area contributed by atoms with E-state index in [9.17, 15) is 27.2 Å². The van der Waals surface area contributed by atoms with E-state index in [0.717, 1.165) is 31.0 Å². The zero-order chi connectivity index (χ0) is 26.7. The molecule has 2 fully saturated rings. The molecule has 1 saturated heterocycles. The number of amides is 3. The number of nitrogens with zero attached hydrogens (tertiary/aromatic N) is 3. The van der Waals surface area contributed by atoms with Gasteiger partial charge in [0.1, 0.15) is 5.82 Å². The number of carbonyl (C=O) groups excluding carboxylic acids is 2. The molecule has 1 aliphatic heterocycles. The fourth-order valence-electron chi connectivity index (χ4n) is 4.85. The van der Waals surface area contributed by atoms with Crippen molar-refractivity contribution >= 4 is 50.3 Å². The van der Waals surface area contributed by atoms with Crippen LogP contribution in [-0.4, -0.2) is 44.3 Å². The van der Waals surface area contributed by atoms with Crippen LogP contribution < -0.4 is 15.3 Å². The Morgan fingerprint density at radius 3 is 2.18 bits per heavy atom. The number of halogens is 4. The van der Waals surface area contributed by atoms with Gasteiger partial charge in [0.05, 0.1) is 48.1 Å². The topological polar surface area (TPSA) is 94.9 Å². The molecule has 2 aromatic rings. The number of fused-ring (bicyclic) bond motifs is 1. The molecule has 0 aromatic heterocycles. The summed E-state index contributed by atoms with van der Waals surface area (Å²) in [4.78, 5) is 33.4. The van der Waals surface area contributed by atoms with E-state index in [1.165, 1.54) is 41.2 Å². The minimum absolute atomic E-state index is 0. The number of hydrogen-bond acceptors (Lipinski definition) is 5. The summed E-state index contributed by atoms with van der Waals surface area (Å²) in [6.45, 7) is 0.288. The van der Waals surface area contributed by atoms with E-state index in [2.05, 4.69) is 5.48 Å². The first kappa shape index (κ1) is 32.2. The second-order valence-electron chi connectivity index (χ2n) is 8.72. The summed E-state index contributed by atoms with van der Waals surface area (Å²) < 4.78 is 60.5. The van der Waals surface area contributed by atoms with Gasteiger partial charge in [-0.2, -0.15) is 45.4 Å². The van der Waals surface area contributed by atoms with Crippen LogP contribution in [0.5, 0.6) is 0 Å². The molecule has 1 saturated carbocycles. The summed E-state index contributed by atoms with van der Waals surface area (Å²) in [6, 6.07) is 6.97. The highest BCUT2D eigenvalue weighted by atomic mass is 32.1. The molecule has 39 heavy (non-hydrogen) atoms. The standard InChI is InChI=1S/C25H24F4N4O4.2H2S/c1-36-10-11-37-31-23(34)18-9-8-17(13-20(18)26)33-22-5-3-2-4-21(22)32(24(33)35)16-7-6-15(14-30)19(12-16)25(27,28)29;;/h6-9,12-13,21-22H,2-5,10-11H2,1H3,(H,31,34);2*1H2/t21-,22-;;/m0../s1. The molecular weight excluding hydrogens is 560 g/mol. The molecule has 212 valence electrons. The number of hydroxylamine groups is 1. The van der Waals surface area contributed by atoms with E-state index < -0.39 is 47.1 Å². The lowest BCUT2D eigenvalue weighted by Gasteiger charge is -2.32. The largest absolute Gasteiger partial charge is 0.417 e. The minimum atomic E-state index is -4.78. The van der Waals surface area contributed by atoms with Gasteiger partial charge in [0, 0.05) is 18.5 Å². The molecule has 2 aromatic carbocycles. The Morgan fingerprint density at radius 2 is 1.64 bits per heavy atom. The van der Waals surface area contributed by atoms with Crippen molar-refractivity contribution in [1.82, 2.24) is 5.48 Å². The van der Waals surface area contributed by atoms with Crippen LogP contribution in [0.15, 0.2) is 36.4 Å². The summed E-state index contributed by atoms with van der Waals surface area (Å²) in [7, 11) is 1.46. The number of urea groups is 1. The molecule has 4 rings (SSSR count). The zero-order valence-corrected chi connectivity index (χ0v) is 22.8. The fourth-order valence-corrected chi connectivity index (χ4v) is 4.85. The van der Waals surface area contributed by atoms with E-state index in [1.807, 2.05) is 0 Å². The maximum Gasteiger partial charge on any atom is 0.417 e. The van der Waals surface area contributed by atoms with Gasteiger partial charge in [-0.15, -0.1) is 0 Å². The lowest BCUT2D eigenvalue weighted by Crippen LogP contribution is -2.40. The highest BCUT2D eigenvalue weighted by molar-refractivity contribution is 7.59. The minimum Gasteiger partial charge on any atom is -0.382 e. The number of ether oxygens (including phenoxy) is 1. The first-order valence-electron chi connectivity index (χ1n) is 11.6. The molecule has 1 N–H and O–H groups in total. The Balaban J connectivity index is 0.00000267. The van der Waals surface area contributed by atoms with Crippen LogP contribution in [-0.2, 0) is 15.8 Å². The predicted octanol–water partition coefficient (Wildman–Crippen LogP) is 5.01. The summed E-state index contributed by atoms with van der Waals surface area (Å²) in [5.74, 6) is -1.70. The Morgan fingerprint density at radius 1 is 1.05 bits per heavy atom. The second kappa shape index (κ2) is 13.4. The third-order valence-electron chi connectivity index (χ3n) is 6.51. The van der Waals surface area contributed by atoms with Gasteiger partial charge in [0.2, 0.25) is 0 Å². The normalized spacial score (nSPS) is 18.5. The van der Waals surface area contributed by atoms with Gasteiger partial charge in [-0.1, -0.05) is 12.8 Å². The molecule has 0 spiro atoms. The van der Waals surface area contributed by atoms with E-state index in [4.69, 9.17) is 14.8 Å². The fraction of sp³-hybridized carbons (Fsp3) is 0.400. The first-order valence-corrected chi connectivity index (χ1v) is 11.6. The van der Waals surface area contributed by atoms with Gasteiger partial charge in [-0.3, -0.25) is 19.4 Å². The van der Waals surface area contributed by atoms with E-state index in [0.29, 0.717) is 12.8 Å². The number of anilines is 2. The Labute approximate surface area is 236 Å². The predicted molar refractivity (Wildman–Crippen MR) is 145 cm³/mol. The van der Waals surface area contributed by atoms with E-state index in [1.54, 1.807) is 0 Å². The summed E-state index contributed by atoms with van der Waals surface area (Å²) in [6.07, 6.45) is -2.08. The van der Waals surface area contributed by atoms with Crippen molar-refractivity contribution in [1.29, 1.82) is 5.26 Å². The van der Waals surface area contributed by atoms with Crippen molar-refractivity contribution in [2.45, 2.75) is 43.9 Å². The van der Waals surface area contributed by atoms with Crippen LogP contribution in [0.1, 0.15) is 47.2 Å². The highest BCUT2D eigenvalue weighted by Crippen LogP contribution is 2.42. The van der Waals surface area contributed by atoms with Gasteiger partial charge in [-0.25, -0.2) is 14.7 Å². The van der Waals surface area contributed by atoms with Crippen LogP contribution in [0.2, 0.25) is 0 Å². The maximum atomic E-state index is 14.9. The summed E-state index contributed by atoms with van der Waals surface area (Å²) in [5, 5.41) is 9.11. The number of benzene rings is 2. The van der Waals surface area contributed by atoms with Crippen LogP contribution in [0, 0.1) is 17.1 Å². The van der Waals surface area contributed by atoms with Crippen molar-refractivity contribution in [3.8, 4) is 6.07 Å². The highest BCUT2D eigenvalue weighted by Gasteiger charge is 2.48. The van der Waals surface area contributed by atoms with E-state index in [-0.39, 0.29) is 57.1 Å². The van der Waals surface area contributed by atoms with Crippen molar-refractivity contribution in [2.75, 3.05) is 30.1 Å². The monoisotopic (exact) mass is 588 g/mol. The molecule has 3 amide bonds. The SMILES string of the molecule is COCCONC(=O)c1ccc(N2C(=O)N(c3ccc(C#N)c(C(F)(F)F)c3)[C@H]3CCCC[C@@H]32)cc1F.S.S. The molecule has 14 heteroatoms. The number of nitriles is 1. The lowest BCUT2D eigenvalue weighted by atomic mass is 9.89. The second-order valence-corrected chi connectivity index (χ2v) is 8.72. The van der Waals surface area contributed by atoms with Crippen molar-refractivity contribution in [3.63, 3.8) is 0 Å². The van der Waals surface area contributed by atoms with Gasteiger partial charge in [0.15, 0.2) is 0 Å². The Bertz CT molecular complexity index is 1240. The number of hydrogen-bond donors (Lipinski definition) is 1. The summed E-state index contributed by atoms with van der Waals surface area (Å²) in [5.41, 5.74) is 0.345. The van der Waals surface area contributed by atoms with Crippen LogP contribution in [0.3, 0.4) is 0 Å². The smallest absolute Gasteiger partial charge is 0.382 e. The molecule has 2 atom stereocenters. The van der Waals surface area contributed by atoms with Crippen molar-refractivity contribution in [2.24, 2.45) is 0 Å². The van der Waals surface area contributed by atoms with Crippen LogP contribution in [0.4, 0.5) is 33.7 Å². The number of carbonyl (C=O) groups is 2. The molecule has 0 radical (unpaired) electrons. The van der Waals surface area contributed by atoms with Gasteiger partial charge < -0.3 is 4.74 Å². The maximum absolute atomic E-state index is 14.9. The average molecular weight is 589 g/mol. The molecule has 1 heterocycles. The summed E-state index contributed by atoms with van der Waals surface area (Å²) >= 11 is 0. The van der Waals surface area contributed by atoms with Crippen molar-refractivity contribution in [3.05, 3.63) is 58.9 Å². The number of nitrogens with one attached hydrogen (secondary N) is 1. The number of methoxy groups -OCH3 is 1. The quantitative estimate of drug-likeness (QED) is 0.279. The Kier molecular flexibility index (Phi) is 11.1. The molecule has 0 bridgehead atoms. The zero-order valence-electron chi connectivity index (χ0n) is 20.8. The third-order valence-corrected chi connectivity index (χ3v) is 6.51. The van der Waals surface area contributed by atoms with Crippen molar-refractivity contribution < 1.29 is 36.7 Å². The third kappa shape index (κ3) is 6.60. The first-order chi connectivity index (χ1) is 17.7. The number of rotatable bonds is 7. The lowest BCUT2D eigenvalue weighted by molar-refractivity contribution is -0.137. The molecule has 0 unspecified atom stereocenters. The van der Waals surface area contributed by atoms with E-state index >= 15 is 0 Å². The molecule has 8 nitrogen and oxygen atoms in total. The molecular formula is C25H28F4N4O4S2. The number of alkyl halides is 3. The Hall–Kier alpha value is -2.99. The molecule has 2 aliphatic rings. The van der Waals surface area contributed by atoms with Gasteiger partial charge >= 0.3 is 12.2 Å². The molecule has 1 aliphatic carbocycles.